The highest BCUT2D eigenvalue weighted by Crippen LogP contribution is 2.30. The van der Waals surface area contributed by atoms with Crippen LogP contribution in [-0.2, 0) is 4.46 Å². The summed E-state index contributed by atoms with van der Waals surface area (Å²) in [5.41, 5.74) is 0.721. The molecule has 11 heavy (non-hydrogen) atoms. The molecule has 1 nitrogen and oxygen atoms in total. The van der Waals surface area contributed by atoms with Crippen LogP contribution in [-0.4, -0.2) is 0 Å². The van der Waals surface area contributed by atoms with Crippen LogP contribution in [0.3, 0.4) is 0 Å². The van der Waals surface area contributed by atoms with Gasteiger partial charge in [0.25, 0.3) is 0 Å². The molecule has 1 N–H and O–H groups in total. The fraction of sp³-hybridized carbons (Fsp3) is 0.143. The SMILES string of the molecule is ClNC(Cl)(Cl)c1ccccc1. The van der Waals surface area contributed by atoms with Gasteiger partial charge in [-0.3, -0.25) is 0 Å². The van der Waals surface area contributed by atoms with E-state index in [-0.39, 0.29) is 0 Å². The van der Waals surface area contributed by atoms with Crippen LogP contribution in [0.4, 0.5) is 0 Å². The van der Waals surface area contributed by atoms with Gasteiger partial charge in [0.2, 0.25) is 4.46 Å². The molecule has 0 aliphatic heterocycles. The second-order valence-electron chi connectivity index (χ2n) is 2.03. The van der Waals surface area contributed by atoms with Crippen molar-refractivity contribution in [2.24, 2.45) is 0 Å². The van der Waals surface area contributed by atoms with Crippen molar-refractivity contribution in [2.45, 2.75) is 4.46 Å². The Kier molecular flexibility index (Phi) is 3.02. The Morgan fingerprint density at radius 3 is 2.09 bits per heavy atom. The van der Waals surface area contributed by atoms with Crippen molar-refractivity contribution in [2.75, 3.05) is 0 Å². The minimum atomic E-state index is -1.21. The first kappa shape index (κ1) is 9.14. The summed E-state index contributed by atoms with van der Waals surface area (Å²) in [6.07, 6.45) is 0. The van der Waals surface area contributed by atoms with Gasteiger partial charge in [-0.25, -0.2) is 0 Å². The topological polar surface area (TPSA) is 12.0 Å². The van der Waals surface area contributed by atoms with Crippen molar-refractivity contribution >= 4 is 35.0 Å². The van der Waals surface area contributed by atoms with Gasteiger partial charge >= 0.3 is 0 Å². The van der Waals surface area contributed by atoms with Crippen LogP contribution < -0.4 is 4.84 Å². The number of rotatable bonds is 2. The van der Waals surface area contributed by atoms with Gasteiger partial charge in [-0.2, -0.15) is 4.84 Å². The molecule has 0 spiro atoms. The summed E-state index contributed by atoms with van der Waals surface area (Å²) >= 11 is 16.9. The third-order valence-corrected chi connectivity index (χ3v) is 2.36. The first-order chi connectivity index (χ1) is 5.17. The van der Waals surface area contributed by atoms with Crippen molar-refractivity contribution < 1.29 is 0 Å². The smallest absolute Gasteiger partial charge is 0.196 e. The molecule has 0 heterocycles. The van der Waals surface area contributed by atoms with E-state index in [9.17, 15) is 0 Å². The second kappa shape index (κ2) is 3.63. The van der Waals surface area contributed by atoms with E-state index in [1.165, 1.54) is 0 Å². The summed E-state index contributed by atoms with van der Waals surface area (Å²) < 4.78 is -1.21. The van der Waals surface area contributed by atoms with Gasteiger partial charge in [0.1, 0.15) is 0 Å². The molecule has 0 aliphatic rings. The highest BCUT2D eigenvalue weighted by atomic mass is 35.5. The molecule has 1 aromatic rings. The fourth-order valence-corrected chi connectivity index (χ4v) is 1.06. The Morgan fingerprint density at radius 1 is 1.09 bits per heavy atom. The van der Waals surface area contributed by atoms with E-state index in [1.807, 2.05) is 18.2 Å². The quantitative estimate of drug-likeness (QED) is 0.449. The molecule has 0 bridgehead atoms. The summed E-state index contributed by atoms with van der Waals surface area (Å²) in [5, 5.41) is 0. The molecule has 0 unspecified atom stereocenters. The molecule has 0 saturated heterocycles. The van der Waals surface area contributed by atoms with Gasteiger partial charge in [-0.05, 0) is 11.8 Å². The maximum absolute atomic E-state index is 5.77. The van der Waals surface area contributed by atoms with Crippen LogP contribution in [0.5, 0.6) is 0 Å². The van der Waals surface area contributed by atoms with E-state index in [2.05, 4.69) is 4.84 Å². The van der Waals surface area contributed by atoms with Crippen LogP contribution in [0.2, 0.25) is 0 Å². The average Bonchev–Trinajstić information content (AvgIpc) is 2.06. The molecule has 1 rings (SSSR count). The van der Waals surface area contributed by atoms with Crippen LogP contribution >= 0.6 is 35.0 Å². The molecule has 0 radical (unpaired) electrons. The lowest BCUT2D eigenvalue weighted by Gasteiger charge is -2.16. The zero-order valence-corrected chi connectivity index (χ0v) is 7.79. The van der Waals surface area contributed by atoms with Crippen LogP contribution in [0.25, 0.3) is 0 Å². The third kappa shape index (κ3) is 2.24. The first-order valence-corrected chi connectivity index (χ1v) is 4.11. The monoisotopic (exact) mass is 209 g/mol. The molecular weight excluding hydrogens is 204 g/mol. The van der Waals surface area contributed by atoms with E-state index < -0.39 is 4.46 Å². The van der Waals surface area contributed by atoms with Crippen molar-refractivity contribution in [1.82, 2.24) is 4.84 Å². The third-order valence-electron chi connectivity index (χ3n) is 1.26. The zero-order valence-electron chi connectivity index (χ0n) is 5.52. The van der Waals surface area contributed by atoms with E-state index in [0.29, 0.717) is 0 Å². The lowest BCUT2D eigenvalue weighted by Crippen LogP contribution is -2.22. The van der Waals surface area contributed by atoms with E-state index in [1.54, 1.807) is 12.1 Å². The van der Waals surface area contributed by atoms with Crippen molar-refractivity contribution in [1.29, 1.82) is 0 Å². The van der Waals surface area contributed by atoms with E-state index >= 15 is 0 Å². The number of benzene rings is 1. The normalized spacial score (nSPS) is 11.5. The molecule has 0 aliphatic carbocycles. The average molecular weight is 210 g/mol. The van der Waals surface area contributed by atoms with Crippen LogP contribution in [0, 0.1) is 0 Å². The predicted molar refractivity (Wildman–Crippen MR) is 48.8 cm³/mol. The lowest BCUT2D eigenvalue weighted by molar-refractivity contribution is 0.827. The summed E-state index contributed by atoms with van der Waals surface area (Å²) in [5.74, 6) is 0. The fourth-order valence-electron chi connectivity index (χ4n) is 0.702. The zero-order chi connectivity index (χ0) is 8.32. The van der Waals surface area contributed by atoms with Crippen molar-refractivity contribution in [3.8, 4) is 0 Å². The maximum atomic E-state index is 5.77. The van der Waals surface area contributed by atoms with Crippen molar-refractivity contribution in [3.05, 3.63) is 35.9 Å². The molecule has 0 saturated carbocycles. The molecule has 0 atom stereocenters. The summed E-state index contributed by atoms with van der Waals surface area (Å²) in [4.78, 5) is 2.26. The number of hydrogen-bond acceptors (Lipinski definition) is 1. The Morgan fingerprint density at radius 2 is 1.64 bits per heavy atom. The Bertz CT molecular complexity index is 222. The maximum Gasteiger partial charge on any atom is 0.207 e. The second-order valence-corrected chi connectivity index (χ2v) is 3.55. The molecule has 4 heteroatoms. The largest absolute Gasteiger partial charge is 0.207 e. The molecule has 0 fully saturated rings. The Labute approximate surface area is 80.4 Å². The Balaban J connectivity index is 2.93. The molecule has 60 valence electrons. The standard InChI is InChI=1S/C7H6Cl3N/c8-7(9,11-10)6-4-2-1-3-5-6/h1-5,11H. The number of halogens is 3. The van der Waals surface area contributed by atoms with Crippen LogP contribution in [0.15, 0.2) is 30.3 Å². The van der Waals surface area contributed by atoms with Gasteiger partial charge in [0.15, 0.2) is 0 Å². The number of nitrogens with one attached hydrogen (secondary N) is 1. The van der Waals surface area contributed by atoms with Gasteiger partial charge < -0.3 is 0 Å². The predicted octanol–water partition coefficient (Wildman–Crippen LogP) is 3.02. The van der Waals surface area contributed by atoms with Gasteiger partial charge in [-0.15, -0.1) is 0 Å². The van der Waals surface area contributed by atoms with Crippen molar-refractivity contribution in [3.63, 3.8) is 0 Å². The molecule has 0 amide bonds. The molecular formula is C7H6Cl3N. The lowest BCUT2D eigenvalue weighted by atomic mass is 10.2. The van der Waals surface area contributed by atoms with Gasteiger partial charge in [0, 0.05) is 5.56 Å². The van der Waals surface area contributed by atoms with E-state index in [0.717, 1.165) is 5.56 Å². The number of alkyl halides is 2. The molecule has 1 aromatic carbocycles. The summed E-state index contributed by atoms with van der Waals surface area (Å²) in [6.45, 7) is 0. The minimum absolute atomic E-state index is 0.721. The van der Waals surface area contributed by atoms with Gasteiger partial charge in [-0.1, -0.05) is 53.5 Å². The number of hydrogen-bond donors (Lipinski definition) is 1. The highest BCUT2D eigenvalue weighted by molar-refractivity contribution is 6.49. The Hall–Kier alpha value is 0.0500. The molecule has 0 aromatic heterocycles. The summed E-state index contributed by atoms with van der Waals surface area (Å²) in [7, 11) is 0. The van der Waals surface area contributed by atoms with E-state index in [4.69, 9.17) is 35.0 Å². The first-order valence-electron chi connectivity index (χ1n) is 2.98. The van der Waals surface area contributed by atoms with Gasteiger partial charge in [0.05, 0.1) is 0 Å². The minimum Gasteiger partial charge on any atom is -0.196 e. The highest BCUT2D eigenvalue weighted by Gasteiger charge is 2.24. The van der Waals surface area contributed by atoms with Crippen LogP contribution in [0.1, 0.15) is 5.56 Å². The summed E-state index contributed by atoms with van der Waals surface area (Å²) in [6, 6.07) is 9.12.